The maximum atomic E-state index is 12.8. The molecule has 0 aliphatic carbocycles. The minimum atomic E-state index is -0.225. The highest BCUT2D eigenvalue weighted by atomic mass is 16.5. The average molecular weight is 481 g/mol. The Morgan fingerprint density at radius 3 is 2.89 bits per heavy atom. The van der Waals surface area contributed by atoms with E-state index in [0.29, 0.717) is 25.0 Å². The Kier molecular flexibility index (Phi) is 7.29. The number of carbonyl (C=O) groups is 1. The molecule has 0 saturated carbocycles. The van der Waals surface area contributed by atoms with Gasteiger partial charge in [0.05, 0.1) is 18.3 Å². The van der Waals surface area contributed by atoms with Gasteiger partial charge >= 0.3 is 6.01 Å². The van der Waals surface area contributed by atoms with E-state index >= 15 is 0 Å². The Morgan fingerprint density at radius 2 is 2.11 bits per heavy atom. The smallest absolute Gasteiger partial charge is 0.321 e. The number of rotatable bonds is 9. The normalized spacial score (nSPS) is 21.0. The van der Waals surface area contributed by atoms with Crippen molar-refractivity contribution in [3.05, 3.63) is 35.4 Å². The number of aliphatic hydroxyl groups is 1. The predicted octanol–water partition coefficient (Wildman–Crippen LogP) is 2.24. The maximum absolute atomic E-state index is 12.8. The van der Waals surface area contributed by atoms with Crippen molar-refractivity contribution in [1.29, 1.82) is 0 Å². The molecule has 2 atom stereocenters. The molecule has 2 fully saturated rings. The number of piperidine rings is 1. The fourth-order valence-electron chi connectivity index (χ4n) is 4.84. The second-order valence-corrected chi connectivity index (χ2v) is 9.56. The number of fused-ring (bicyclic) bond motifs is 1. The van der Waals surface area contributed by atoms with Gasteiger partial charge in [0, 0.05) is 56.1 Å². The number of anilines is 1. The Balaban J connectivity index is 1.30. The van der Waals surface area contributed by atoms with Crippen molar-refractivity contribution < 1.29 is 19.4 Å². The third-order valence-corrected chi connectivity index (χ3v) is 6.85. The van der Waals surface area contributed by atoms with Crippen molar-refractivity contribution in [3.8, 4) is 6.01 Å². The van der Waals surface area contributed by atoms with E-state index in [0.717, 1.165) is 56.8 Å². The summed E-state index contributed by atoms with van der Waals surface area (Å²) in [6, 6.07) is 4.22. The molecule has 2 aromatic heterocycles. The number of carbonyl (C=O) groups excluding carboxylic acids is 1. The summed E-state index contributed by atoms with van der Waals surface area (Å²) in [5, 5.41) is 9.36. The first kappa shape index (κ1) is 23.7. The molecule has 0 bridgehead atoms. The second kappa shape index (κ2) is 10.7. The number of ketones is 1. The molecule has 0 unspecified atom stereocenters. The quantitative estimate of drug-likeness (QED) is 0.538. The molecular weight excluding hydrogens is 448 g/mol. The molecule has 10 heteroatoms. The minimum absolute atomic E-state index is 0.0177. The van der Waals surface area contributed by atoms with Crippen LogP contribution in [-0.4, -0.2) is 75.6 Å². The number of hydrogen-bond donors (Lipinski definition) is 1. The second-order valence-electron chi connectivity index (χ2n) is 9.56. The van der Waals surface area contributed by atoms with Gasteiger partial charge in [-0.2, -0.15) is 15.0 Å². The van der Waals surface area contributed by atoms with E-state index in [1.54, 1.807) is 0 Å². The third-order valence-electron chi connectivity index (χ3n) is 6.85. The maximum Gasteiger partial charge on any atom is 0.321 e. The van der Waals surface area contributed by atoms with E-state index < -0.39 is 0 Å². The SMILES string of the molecule is C[C@H](CO)CC(=O)c1nc(OC[C@H]2CCCO2)nc(N2CCC(C3=NCc4ncccc43)CC2)n1. The number of ether oxygens (including phenoxy) is 2. The van der Waals surface area contributed by atoms with E-state index in [2.05, 4.69) is 30.9 Å². The Hall–Kier alpha value is -2.98. The molecule has 2 saturated heterocycles. The number of nitrogens with zero attached hydrogens (tertiary/aromatic N) is 6. The summed E-state index contributed by atoms with van der Waals surface area (Å²) in [7, 11) is 0. The first-order chi connectivity index (χ1) is 17.1. The first-order valence-corrected chi connectivity index (χ1v) is 12.5. The van der Waals surface area contributed by atoms with Crippen LogP contribution in [0.15, 0.2) is 23.3 Å². The van der Waals surface area contributed by atoms with Crippen molar-refractivity contribution in [1.82, 2.24) is 19.9 Å². The average Bonchev–Trinajstić information content (AvgIpc) is 3.57. The number of aromatic nitrogens is 4. The Morgan fingerprint density at radius 1 is 1.26 bits per heavy atom. The molecule has 0 aromatic carbocycles. The molecule has 3 aliphatic rings. The van der Waals surface area contributed by atoms with Crippen LogP contribution < -0.4 is 9.64 Å². The summed E-state index contributed by atoms with van der Waals surface area (Å²) in [6.45, 7) is 4.98. The largest absolute Gasteiger partial charge is 0.461 e. The number of hydrogen-bond acceptors (Lipinski definition) is 10. The van der Waals surface area contributed by atoms with E-state index in [1.165, 1.54) is 5.56 Å². The fraction of sp³-hybridized carbons (Fsp3) is 0.600. The summed E-state index contributed by atoms with van der Waals surface area (Å²) in [5.41, 5.74) is 3.37. The summed E-state index contributed by atoms with van der Waals surface area (Å²) >= 11 is 0. The molecule has 10 nitrogen and oxygen atoms in total. The molecule has 0 spiro atoms. The molecule has 0 radical (unpaired) electrons. The number of Topliss-reactive ketones (excluding diaryl/α,β-unsaturated/α-hetero) is 1. The molecular formula is C25H32N6O4. The van der Waals surface area contributed by atoms with Gasteiger partial charge in [0.15, 0.2) is 0 Å². The van der Waals surface area contributed by atoms with Crippen LogP contribution >= 0.6 is 0 Å². The minimum Gasteiger partial charge on any atom is -0.461 e. The molecule has 5 heterocycles. The number of aliphatic imine (C=N–C) groups is 1. The van der Waals surface area contributed by atoms with Crippen LogP contribution in [0, 0.1) is 11.8 Å². The summed E-state index contributed by atoms with van der Waals surface area (Å²) in [4.78, 5) is 37.5. The lowest BCUT2D eigenvalue weighted by Gasteiger charge is -2.32. The first-order valence-electron chi connectivity index (χ1n) is 12.5. The van der Waals surface area contributed by atoms with Crippen LogP contribution in [0.3, 0.4) is 0 Å². The topological polar surface area (TPSA) is 123 Å². The summed E-state index contributed by atoms with van der Waals surface area (Å²) in [6.07, 6.45) is 5.78. The van der Waals surface area contributed by atoms with Crippen molar-refractivity contribution in [2.75, 3.05) is 37.8 Å². The Bertz CT molecular complexity index is 1080. The van der Waals surface area contributed by atoms with Gasteiger partial charge in [0.2, 0.25) is 17.6 Å². The van der Waals surface area contributed by atoms with Crippen LogP contribution in [0.4, 0.5) is 5.95 Å². The van der Waals surface area contributed by atoms with Crippen molar-refractivity contribution >= 4 is 17.4 Å². The van der Waals surface area contributed by atoms with Gasteiger partial charge in [0.1, 0.15) is 6.61 Å². The summed E-state index contributed by atoms with van der Waals surface area (Å²) < 4.78 is 11.5. The van der Waals surface area contributed by atoms with E-state index in [-0.39, 0.29) is 42.7 Å². The highest BCUT2D eigenvalue weighted by Crippen LogP contribution is 2.29. The highest BCUT2D eigenvalue weighted by molar-refractivity contribution is 6.04. The predicted molar refractivity (Wildman–Crippen MR) is 129 cm³/mol. The van der Waals surface area contributed by atoms with Crippen LogP contribution in [0.5, 0.6) is 6.01 Å². The van der Waals surface area contributed by atoms with Crippen molar-refractivity contribution in [3.63, 3.8) is 0 Å². The van der Waals surface area contributed by atoms with Crippen LogP contribution in [-0.2, 0) is 11.3 Å². The van der Waals surface area contributed by atoms with Gasteiger partial charge in [-0.15, -0.1) is 0 Å². The molecule has 2 aromatic rings. The Labute approximate surface area is 204 Å². The van der Waals surface area contributed by atoms with Gasteiger partial charge in [0.25, 0.3) is 0 Å². The molecule has 0 amide bonds. The van der Waals surface area contributed by atoms with Crippen molar-refractivity contribution in [2.24, 2.45) is 16.8 Å². The molecule has 186 valence electrons. The molecule has 35 heavy (non-hydrogen) atoms. The van der Waals surface area contributed by atoms with E-state index in [4.69, 9.17) is 14.5 Å². The van der Waals surface area contributed by atoms with Crippen LogP contribution in [0.1, 0.15) is 60.9 Å². The molecule has 5 rings (SSSR count). The molecule has 1 N–H and O–H groups in total. The lowest BCUT2D eigenvalue weighted by atomic mass is 9.88. The van der Waals surface area contributed by atoms with Gasteiger partial charge in [-0.05, 0) is 43.7 Å². The standard InChI is InChI=1S/C25H32N6O4/c1-16(14-32)12-21(33)23-28-24(30-25(29-23)35-15-18-4-3-11-34-18)31-9-6-17(7-10-31)22-19-5-2-8-26-20(19)13-27-22/h2,5,8,16-18,32H,3-4,6-7,9-15H2,1H3/t16-,18+/m0/s1. The van der Waals surface area contributed by atoms with Crippen LogP contribution in [0.2, 0.25) is 0 Å². The van der Waals surface area contributed by atoms with Gasteiger partial charge in [-0.3, -0.25) is 14.8 Å². The number of aliphatic hydroxyl groups excluding tert-OH is 1. The lowest BCUT2D eigenvalue weighted by Crippen LogP contribution is -2.38. The van der Waals surface area contributed by atoms with Gasteiger partial charge in [-0.1, -0.05) is 6.92 Å². The summed E-state index contributed by atoms with van der Waals surface area (Å²) in [5.74, 6) is 0.507. The van der Waals surface area contributed by atoms with Gasteiger partial charge < -0.3 is 19.5 Å². The molecule has 3 aliphatic heterocycles. The zero-order valence-corrected chi connectivity index (χ0v) is 20.1. The fourth-order valence-corrected chi connectivity index (χ4v) is 4.84. The number of pyridine rings is 1. The third kappa shape index (κ3) is 5.48. The van der Waals surface area contributed by atoms with Crippen LogP contribution in [0.25, 0.3) is 0 Å². The zero-order chi connectivity index (χ0) is 24.2. The van der Waals surface area contributed by atoms with Gasteiger partial charge in [-0.25, -0.2) is 0 Å². The zero-order valence-electron chi connectivity index (χ0n) is 20.1. The monoisotopic (exact) mass is 480 g/mol. The van der Waals surface area contributed by atoms with Crippen molar-refractivity contribution in [2.45, 2.75) is 51.7 Å². The highest BCUT2D eigenvalue weighted by Gasteiger charge is 2.30. The van der Waals surface area contributed by atoms with E-state index in [9.17, 15) is 9.90 Å². The lowest BCUT2D eigenvalue weighted by molar-refractivity contribution is 0.0642. The van der Waals surface area contributed by atoms with E-state index in [1.807, 2.05) is 19.2 Å².